The van der Waals surface area contributed by atoms with Crippen molar-refractivity contribution in [2.45, 2.75) is 51.2 Å². The molecule has 5 heteroatoms. The largest absolute Gasteiger partial charge is 0.352 e. The second kappa shape index (κ2) is 13.8. The van der Waals surface area contributed by atoms with Gasteiger partial charge in [-0.3, -0.25) is 9.59 Å². The Morgan fingerprint density at radius 2 is 1.28 bits per heavy atom. The highest BCUT2D eigenvalue weighted by Gasteiger charge is 2.32. The van der Waals surface area contributed by atoms with Crippen LogP contribution in [0.1, 0.15) is 48.4 Å². The summed E-state index contributed by atoms with van der Waals surface area (Å²) in [5, 5.41) is 3.65. The lowest BCUT2D eigenvalue weighted by atomic mass is 9.87. The van der Waals surface area contributed by atoms with Crippen LogP contribution >= 0.6 is 11.6 Å². The van der Waals surface area contributed by atoms with Gasteiger partial charge >= 0.3 is 0 Å². The second-order valence-corrected chi connectivity index (χ2v) is 10.5. The zero-order valence-electron chi connectivity index (χ0n) is 22.5. The van der Waals surface area contributed by atoms with Crippen LogP contribution in [0.25, 0.3) is 0 Å². The molecule has 200 valence electrons. The Hall–Kier alpha value is -3.89. The van der Waals surface area contributed by atoms with E-state index in [-0.39, 0.29) is 36.7 Å². The topological polar surface area (TPSA) is 49.4 Å². The molecule has 0 radical (unpaired) electrons. The fraction of sp³-hybridized carbons (Fsp3) is 0.235. The summed E-state index contributed by atoms with van der Waals surface area (Å²) in [4.78, 5) is 29.7. The predicted molar refractivity (Wildman–Crippen MR) is 159 cm³/mol. The van der Waals surface area contributed by atoms with Gasteiger partial charge in [0.1, 0.15) is 6.04 Å². The van der Waals surface area contributed by atoms with Crippen LogP contribution < -0.4 is 5.32 Å². The Morgan fingerprint density at radius 1 is 0.744 bits per heavy atom. The standard InChI is InChI=1S/C34H35ClN2O2/c1-25(2)36-34(39)32(22-26-13-6-3-7-14-26)37(24-27-15-12-20-30(35)21-27)33(38)23-31(28-16-8-4-9-17-28)29-18-10-5-11-19-29/h3-21,25,31-32H,22-24H2,1-2H3,(H,36,39)/t32-/m0/s1. The van der Waals surface area contributed by atoms with Crippen molar-refractivity contribution in [1.82, 2.24) is 10.2 Å². The third-order valence-corrected chi connectivity index (χ3v) is 6.96. The maximum Gasteiger partial charge on any atom is 0.243 e. The normalized spacial score (nSPS) is 11.8. The van der Waals surface area contributed by atoms with E-state index < -0.39 is 6.04 Å². The summed E-state index contributed by atoms with van der Waals surface area (Å²) >= 11 is 6.31. The van der Waals surface area contributed by atoms with Crippen LogP contribution in [-0.4, -0.2) is 28.8 Å². The van der Waals surface area contributed by atoms with Crippen LogP contribution in [0.3, 0.4) is 0 Å². The van der Waals surface area contributed by atoms with Crippen molar-refractivity contribution in [2.24, 2.45) is 0 Å². The van der Waals surface area contributed by atoms with Crippen LogP contribution in [0.4, 0.5) is 0 Å². The smallest absolute Gasteiger partial charge is 0.243 e. The molecule has 4 nitrogen and oxygen atoms in total. The molecule has 0 fully saturated rings. The number of halogens is 1. The first-order valence-corrected chi connectivity index (χ1v) is 13.8. The van der Waals surface area contributed by atoms with Gasteiger partial charge in [0, 0.05) is 36.4 Å². The summed E-state index contributed by atoms with van der Waals surface area (Å²) in [6, 6.07) is 36.7. The number of rotatable bonds is 11. The molecule has 0 saturated heterocycles. The van der Waals surface area contributed by atoms with Crippen LogP contribution in [0.15, 0.2) is 115 Å². The Balaban J connectivity index is 1.73. The van der Waals surface area contributed by atoms with E-state index >= 15 is 0 Å². The molecule has 0 bridgehead atoms. The van der Waals surface area contributed by atoms with E-state index in [2.05, 4.69) is 29.6 Å². The van der Waals surface area contributed by atoms with E-state index in [0.717, 1.165) is 22.3 Å². The first kappa shape index (κ1) is 28.1. The maximum absolute atomic E-state index is 14.3. The van der Waals surface area contributed by atoms with Gasteiger partial charge in [-0.05, 0) is 48.2 Å². The van der Waals surface area contributed by atoms with Crippen molar-refractivity contribution in [3.05, 3.63) is 143 Å². The molecule has 0 aliphatic rings. The molecule has 0 aliphatic carbocycles. The van der Waals surface area contributed by atoms with Crippen LogP contribution in [-0.2, 0) is 22.6 Å². The number of nitrogens with one attached hydrogen (secondary N) is 1. The number of benzene rings is 4. The fourth-order valence-corrected chi connectivity index (χ4v) is 5.07. The van der Waals surface area contributed by atoms with E-state index in [4.69, 9.17) is 11.6 Å². The van der Waals surface area contributed by atoms with Crippen molar-refractivity contribution in [2.75, 3.05) is 0 Å². The van der Waals surface area contributed by atoms with Crippen molar-refractivity contribution in [1.29, 1.82) is 0 Å². The van der Waals surface area contributed by atoms with E-state index in [0.29, 0.717) is 11.4 Å². The molecule has 2 amide bonds. The quantitative estimate of drug-likeness (QED) is 0.223. The summed E-state index contributed by atoms with van der Waals surface area (Å²) in [6.45, 7) is 4.14. The summed E-state index contributed by atoms with van der Waals surface area (Å²) in [7, 11) is 0. The molecule has 39 heavy (non-hydrogen) atoms. The monoisotopic (exact) mass is 538 g/mol. The highest BCUT2D eigenvalue weighted by atomic mass is 35.5. The molecule has 0 aliphatic heterocycles. The van der Waals surface area contributed by atoms with Crippen molar-refractivity contribution < 1.29 is 9.59 Å². The predicted octanol–water partition coefficient (Wildman–Crippen LogP) is 7.03. The Morgan fingerprint density at radius 3 is 1.82 bits per heavy atom. The summed E-state index contributed by atoms with van der Waals surface area (Å²) in [6.07, 6.45) is 0.641. The minimum atomic E-state index is -0.687. The Labute approximate surface area is 236 Å². The number of nitrogens with zero attached hydrogens (tertiary/aromatic N) is 1. The molecule has 4 aromatic rings. The third-order valence-electron chi connectivity index (χ3n) is 6.73. The Kier molecular flexibility index (Phi) is 9.93. The molecule has 0 saturated carbocycles. The highest BCUT2D eigenvalue weighted by Crippen LogP contribution is 2.30. The van der Waals surface area contributed by atoms with Crippen molar-refractivity contribution in [3.63, 3.8) is 0 Å². The number of hydrogen-bond donors (Lipinski definition) is 1. The molecule has 4 rings (SSSR count). The zero-order valence-corrected chi connectivity index (χ0v) is 23.2. The van der Waals surface area contributed by atoms with Gasteiger partial charge in [-0.25, -0.2) is 0 Å². The van der Waals surface area contributed by atoms with Gasteiger partial charge in [-0.2, -0.15) is 0 Å². The zero-order chi connectivity index (χ0) is 27.6. The minimum Gasteiger partial charge on any atom is -0.352 e. The second-order valence-electron chi connectivity index (χ2n) is 10.1. The first-order chi connectivity index (χ1) is 18.9. The summed E-state index contributed by atoms with van der Waals surface area (Å²) < 4.78 is 0. The summed E-state index contributed by atoms with van der Waals surface area (Å²) in [5.41, 5.74) is 3.99. The van der Waals surface area contributed by atoms with Gasteiger partial charge in [-0.15, -0.1) is 0 Å². The number of amides is 2. The van der Waals surface area contributed by atoms with Gasteiger partial charge < -0.3 is 10.2 Å². The van der Waals surface area contributed by atoms with Gasteiger partial charge in [0.25, 0.3) is 0 Å². The molecule has 0 spiro atoms. The lowest BCUT2D eigenvalue weighted by molar-refractivity contribution is -0.141. The van der Waals surface area contributed by atoms with Gasteiger partial charge in [0.2, 0.25) is 11.8 Å². The lowest BCUT2D eigenvalue weighted by Gasteiger charge is -2.33. The fourth-order valence-electron chi connectivity index (χ4n) is 4.86. The SMILES string of the molecule is CC(C)NC(=O)[C@H](Cc1ccccc1)N(Cc1cccc(Cl)c1)C(=O)CC(c1ccccc1)c1ccccc1. The Bertz CT molecular complexity index is 1300. The van der Waals surface area contributed by atoms with Crippen molar-refractivity contribution in [3.8, 4) is 0 Å². The van der Waals surface area contributed by atoms with E-state index in [1.807, 2.05) is 105 Å². The summed E-state index contributed by atoms with van der Waals surface area (Å²) in [5.74, 6) is -0.403. The first-order valence-electron chi connectivity index (χ1n) is 13.4. The van der Waals surface area contributed by atoms with Gasteiger partial charge in [-0.1, -0.05) is 115 Å². The van der Waals surface area contributed by atoms with E-state index in [1.54, 1.807) is 4.90 Å². The molecular formula is C34H35ClN2O2. The average molecular weight is 539 g/mol. The molecule has 0 heterocycles. The average Bonchev–Trinajstić information content (AvgIpc) is 2.94. The molecule has 1 N–H and O–H groups in total. The molecule has 1 atom stereocenters. The maximum atomic E-state index is 14.3. The molecule has 0 aromatic heterocycles. The number of carbonyl (C=O) groups excluding carboxylic acids is 2. The lowest BCUT2D eigenvalue weighted by Crippen LogP contribution is -2.52. The van der Waals surface area contributed by atoms with E-state index in [9.17, 15) is 9.59 Å². The van der Waals surface area contributed by atoms with Crippen molar-refractivity contribution >= 4 is 23.4 Å². The number of carbonyl (C=O) groups is 2. The number of hydrogen-bond acceptors (Lipinski definition) is 2. The highest BCUT2D eigenvalue weighted by molar-refractivity contribution is 6.30. The van der Waals surface area contributed by atoms with E-state index in [1.165, 1.54) is 0 Å². The minimum absolute atomic E-state index is 0.0553. The third kappa shape index (κ3) is 8.05. The van der Waals surface area contributed by atoms with Gasteiger partial charge in [0.15, 0.2) is 0 Å². The molecule has 0 unspecified atom stereocenters. The van der Waals surface area contributed by atoms with Gasteiger partial charge in [0.05, 0.1) is 0 Å². The molecular weight excluding hydrogens is 504 g/mol. The van der Waals surface area contributed by atoms with Crippen LogP contribution in [0, 0.1) is 0 Å². The van der Waals surface area contributed by atoms with Crippen LogP contribution in [0.5, 0.6) is 0 Å². The van der Waals surface area contributed by atoms with Crippen LogP contribution in [0.2, 0.25) is 5.02 Å². The molecule has 4 aromatic carbocycles.